The van der Waals surface area contributed by atoms with Gasteiger partial charge in [0.25, 0.3) is 5.91 Å². The molecule has 13 heteroatoms. The van der Waals surface area contributed by atoms with E-state index in [4.69, 9.17) is 9.15 Å². The summed E-state index contributed by atoms with van der Waals surface area (Å²) in [7, 11) is -3.66. The highest BCUT2D eigenvalue weighted by molar-refractivity contribution is 7.89. The number of rotatable bonds is 5. The third kappa shape index (κ3) is 5.45. The molecule has 2 aliphatic heterocycles. The number of piperidine rings is 1. The number of morpholine rings is 1. The summed E-state index contributed by atoms with van der Waals surface area (Å²) in [6, 6.07) is 10.4. The minimum absolute atomic E-state index is 0.106. The highest BCUT2D eigenvalue weighted by atomic mass is 32.2. The SMILES string of the molecule is O=C(c1ccc(S(=O)(=O)N2CCOCC2)cc1)N1CCCC(c2nnc(-c3ccc(C(F)(F)F)cc3)o2)C1. The molecule has 2 aromatic carbocycles. The van der Waals surface area contributed by atoms with Crippen molar-refractivity contribution in [2.45, 2.75) is 29.8 Å². The normalized spacial score (nSPS) is 19.4. The number of ether oxygens (including phenoxy) is 1. The van der Waals surface area contributed by atoms with Gasteiger partial charge >= 0.3 is 6.18 Å². The number of alkyl halides is 3. The summed E-state index contributed by atoms with van der Waals surface area (Å²) in [6.07, 6.45) is -3.04. The van der Waals surface area contributed by atoms with Crippen LogP contribution in [0.5, 0.6) is 0 Å². The van der Waals surface area contributed by atoms with Gasteiger partial charge in [-0.2, -0.15) is 17.5 Å². The standard InChI is InChI=1S/C25H25F3N4O5S/c26-25(27,28)20-7-3-17(4-8-20)22-29-30-23(37-22)19-2-1-11-31(16-19)24(33)18-5-9-21(10-6-18)38(34,35)32-12-14-36-15-13-32/h3-10,19H,1-2,11-16H2. The van der Waals surface area contributed by atoms with Crippen molar-refractivity contribution in [1.82, 2.24) is 19.4 Å². The van der Waals surface area contributed by atoms with Gasteiger partial charge in [-0.1, -0.05) is 0 Å². The Morgan fingerprint density at radius 1 is 0.947 bits per heavy atom. The molecule has 2 aliphatic rings. The molecule has 0 spiro atoms. The average molecular weight is 551 g/mol. The molecule has 9 nitrogen and oxygen atoms in total. The number of aromatic nitrogens is 2. The molecule has 3 aromatic rings. The van der Waals surface area contributed by atoms with Gasteiger partial charge in [0.15, 0.2) is 0 Å². The summed E-state index contributed by atoms with van der Waals surface area (Å²) in [5, 5.41) is 8.06. The van der Waals surface area contributed by atoms with E-state index in [9.17, 15) is 26.4 Å². The van der Waals surface area contributed by atoms with Crippen LogP contribution in [0.1, 0.15) is 40.6 Å². The van der Waals surface area contributed by atoms with Gasteiger partial charge in [-0.15, -0.1) is 10.2 Å². The lowest BCUT2D eigenvalue weighted by Crippen LogP contribution is -2.40. The maximum Gasteiger partial charge on any atom is 0.416 e. The van der Waals surface area contributed by atoms with Crippen molar-refractivity contribution >= 4 is 15.9 Å². The molecule has 0 aliphatic carbocycles. The number of hydrogen-bond donors (Lipinski definition) is 0. The molecule has 1 aromatic heterocycles. The molecule has 0 N–H and O–H groups in total. The molecule has 3 heterocycles. The second-order valence-corrected chi connectivity index (χ2v) is 11.1. The summed E-state index contributed by atoms with van der Waals surface area (Å²) in [5.74, 6) is -0.0598. The Bertz CT molecular complexity index is 1390. The van der Waals surface area contributed by atoms with Crippen LogP contribution in [0.3, 0.4) is 0 Å². The number of carbonyl (C=O) groups excluding carboxylic acids is 1. The fraction of sp³-hybridized carbons (Fsp3) is 0.400. The quantitative estimate of drug-likeness (QED) is 0.476. The predicted octanol–water partition coefficient (Wildman–Crippen LogP) is 3.80. The van der Waals surface area contributed by atoms with Crippen molar-refractivity contribution < 1.29 is 35.5 Å². The van der Waals surface area contributed by atoms with Crippen molar-refractivity contribution in [2.75, 3.05) is 39.4 Å². The van der Waals surface area contributed by atoms with E-state index in [1.807, 2.05) is 0 Å². The number of halogens is 3. The first-order valence-electron chi connectivity index (χ1n) is 12.1. The molecule has 1 atom stereocenters. The summed E-state index contributed by atoms with van der Waals surface area (Å²) in [4.78, 5) is 14.9. The Kier molecular flexibility index (Phi) is 7.25. The molecule has 38 heavy (non-hydrogen) atoms. The van der Waals surface area contributed by atoms with Gasteiger partial charge in [0, 0.05) is 37.3 Å². The molecule has 1 amide bonds. The van der Waals surface area contributed by atoms with Crippen LogP contribution in [-0.4, -0.2) is 73.1 Å². The smallest absolute Gasteiger partial charge is 0.416 e. The number of amides is 1. The molecule has 0 bridgehead atoms. The summed E-state index contributed by atoms with van der Waals surface area (Å²) in [6.45, 7) is 2.10. The average Bonchev–Trinajstić information content (AvgIpc) is 3.43. The Balaban J connectivity index is 1.25. The summed E-state index contributed by atoms with van der Waals surface area (Å²) >= 11 is 0. The number of sulfonamides is 1. The first kappa shape index (κ1) is 26.3. The molecule has 2 saturated heterocycles. The molecule has 1 unspecified atom stereocenters. The monoisotopic (exact) mass is 550 g/mol. The molecule has 2 fully saturated rings. The largest absolute Gasteiger partial charge is 0.420 e. The number of benzene rings is 2. The first-order chi connectivity index (χ1) is 18.1. The lowest BCUT2D eigenvalue weighted by Gasteiger charge is -2.31. The number of likely N-dealkylation sites (tertiary alicyclic amines) is 1. The third-order valence-corrected chi connectivity index (χ3v) is 8.58. The van der Waals surface area contributed by atoms with Crippen molar-refractivity contribution in [1.29, 1.82) is 0 Å². The maximum atomic E-state index is 13.2. The topological polar surface area (TPSA) is 106 Å². The molecule has 0 saturated carbocycles. The highest BCUT2D eigenvalue weighted by Crippen LogP contribution is 2.32. The lowest BCUT2D eigenvalue weighted by atomic mass is 9.97. The van der Waals surface area contributed by atoms with Crippen LogP contribution in [-0.2, 0) is 20.9 Å². The fourth-order valence-electron chi connectivity index (χ4n) is 4.57. The molecule has 0 radical (unpaired) electrons. The zero-order chi connectivity index (χ0) is 26.9. The number of carbonyl (C=O) groups is 1. The third-order valence-electron chi connectivity index (χ3n) is 6.67. The zero-order valence-electron chi connectivity index (χ0n) is 20.2. The zero-order valence-corrected chi connectivity index (χ0v) is 21.0. The van der Waals surface area contributed by atoms with E-state index in [1.165, 1.54) is 40.7 Å². The Hall–Kier alpha value is -3.29. The van der Waals surface area contributed by atoms with Crippen LogP contribution in [0.15, 0.2) is 57.8 Å². The second-order valence-electron chi connectivity index (χ2n) is 9.15. The minimum atomic E-state index is -4.44. The Morgan fingerprint density at radius 2 is 1.63 bits per heavy atom. The number of nitrogens with zero attached hydrogens (tertiary/aromatic N) is 4. The van der Waals surface area contributed by atoms with E-state index in [0.717, 1.165) is 12.1 Å². The van der Waals surface area contributed by atoms with E-state index in [1.54, 1.807) is 4.90 Å². The van der Waals surface area contributed by atoms with Crippen molar-refractivity contribution in [3.63, 3.8) is 0 Å². The predicted molar refractivity (Wildman–Crippen MR) is 129 cm³/mol. The molecule has 5 rings (SSSR count). The van der Waals surface area contributed by atoms with Crippen molar-refractivity contribution in [3.05, 3.63) is 65.5 Å². The van der Waals surface area contributed by atoms with Gasteiger partial charge in [-0.25, -0.2) is 8.42 Å². The Morgan fingerprint density at radius 3 is 2.29 bits per heavy atom. The van der Waals surface area contributed by atoms with Crippen LogP contribution >= 0.6 is 0 Å². The molecule has 202 valence electrons. The van der Waals surface area contributed by atoms with E-state index < -0.39 is 21.8 Å². The molecular formula is C25H25F3N4O5S. The van der Waals surface area contributed by atoms with E-state index in [-0.39, 0.29) is 35.7 Å². The fourth-order valence-corrected chi connectivity index (χ4v) is 5.98. The van der Waals surface area contributed by atoms with Crippen LogP contribution in [0.25, 0.3) is 11.5 Å². The maximum absolute atomic E-state index is 13.2. The number of hydrogen-bond acceptors (Lipinski definition) is 7. The van der Waals surface area contributed by atoms with Gasteiger partial charge in [0.05, 0.1) is 29.6 Å². The highest BCUT2D eigenvalue weighted by Gasteiger charge is 2.32. The van der Waals surface area contributed by atoms with E-state index in [0.29, 0.717) is 56.2 Å². The van der Waals surface area contributed by atoms with Gasteiger partial charge < -0.3 is 14.1 Å². The van der Waals surface area contributed by atoms with Gasteiger partial charge in [0.1, 0.15) is 0 Å². The van der Waals surface area contributed by atoms with Crippen molar-refractivity contribution in [3.8, 4) is 11.5 Å². The summed E-state index contributed by atoms with van der Waals surface area (Å²) in [5.41, 5.74) is -0.0377. The van der Waals surface area contributed by atoms with Crippen molar-refractivity contribution in [2.24, 2.45) is 0 Å². The van der Waals surface area contributed by atoms with Crippen LogP contribution in [0.2, 0.25) is 0 Å². The summed E-state index contributed by atoms with van der Waals surface area (Å²) < 4.78 is 76.5. The van der Waals surface area contributed by atoms with Gasteiger partial charge in [0.2, 0.25) is 21.8 Å². The lowest BCUT2D eigenvalue weighted by molar-refractivity contribution is -0.137. The molecular weight excluding hydrogens is 525 g/mol. The minimum Gasteiger partial charge on any atom is -0.420 e. The van der Waals surface area contributed by atoms with E-state index in [2.05, 4.69) is 10.2 Å². The van der Waals surface area contributed by atoms with Gasteiger partial charge in [-0.3, -0.25) is 4.79 Å². The van der Waals surface area contributed by atoms with E-state index >= 15 is 0 Å². The van der Waals surface area contributed by atoms with Gasteiger partial charge in [-0.05, 0) is 61.4 Å². The van der Waals surface area contributed by atoms with Crippen LogP contribution in [0, 0.1) is 0 Å². The van der Waals surface area contributed by atoms with Crippen LogP contribution < -0.4 is 0 Å². The van der Waals surface area contributed by atoms with Crippen LogP contribution in [0.4, 0.5) is 13.2 Å². The second kappa shape index (κ2) is 10.5. The Labute approximate surface area is 217 Å². The first-order valence-corrected chi connectivity index (χ1v) is 13.6.